The topological polar surface area (TPSA) is 40.6 Å². The molecule has 0 spiro atoms. The zero-order valence-electron chi connectivity index (χ0n) is 13.3. The molecule has 0 saturated carbocycles. The van der Waals surface area contributed by atoms with Gasteiger partial charge in [-0.25, -0.2) is 8.42 Å². The third kappa shape index (κ3) is 5.09. The second kappa shape index (κ2) is 7.72. The average molecular weight is 320 g/mol. The first-order valence-electron chi connectivity index (χ1n) is 7.56. The van der Waals surface area contributed by atoms with E-state index < -0.39 is 10.0 Å². The van der Waals surface area contributed by atoms with Gasteiger partial charge in [0.25, 0.3) is 0 Å². The van der Waals surface area contributed by atoms with Gasteiger partial charge < -0.3 is 0 Å². The first kappa shape index (κ1) is 16.9. The van der Waals surface area contributed by atoms with Crippen LogP contribution in [0.2, 0.25) is 0 Å². The van der Waals surface area contributed by atoms with Gasteiger partial charge in [0.05, 0.1) is 0 Å². The number of sulfonamides is 1. The van der Waals surface area contributed by atoms with Crippen molar-refractivity contribution < 1.29 is 8.42 Å². The summed E-state index contributed by atoms with van der Waals surface area (Å²) in [6.07, 6.45) is 3.84. The highest BCUT2D eigenvalue weighted by atomic mass is 32.2. The maximum atomic E-state index is 12.3. The van der Waals surface area contributed by atoms with Crippen molar-refractivity contribution in [3.05, 3.63) is 53.0 Å². The minimum absolute atomic E-state index is 0.554. The number of benzene rings is 1. The van der Waals surface area contributed by atoms with E-state index in [1.165, 1.54) is 11.0 Å². The molecule has 4 nitrogen and oxygen atoms in total. The lowest BCUT2D eigenvalue weighted by Crippen LogP contribution is -2.48. The molecular formula is C17H24N2O2S. The molecule has 22 heavy (non-hydrogen) atoms. The van der Waals surface area contributed by atoms with Gasteiger partial charge in [-0.15, -0.1) is 0 Å². The summed E-state index contributed by atoms with van der Waals surface area (Å²) in [7, 11) is -3.33. The molecule has 1 aromatic carbocycles. The van der Waals surface area contributed by atoms with E-state index in [0.717, 1.165) is 25.2 Å². The lowest BCUT2D eigenvalue weighted by Gasteiger charge is -2.32. The Balaban J connectivity index is 1.92. The maximum Gasteiger partial charge on any atom is 0.236 e. The van der Waals surface area contributed by atoms with Crippen molar-refractivity contribution in [3.63, 3.8) is 0 Å². The van der Waals surface area contributed by atoms with Crippen molar-refractivity contribution in [2.24, 2.45) is 0 Å². The molecule has 0 N–H and O–H groups in total. The predicted molar refractivity (Wildman–Crippen MR) is 91.8 cm³/mol. The van der Waals surface area contributed by atoms with Crippen molar-refractivity contribution in [2.45, 2.75) is 13.8 Å². The third-order valence-corrected chi connectivity index (χ3v) is 5.25. The molecule has 0 amide bonds. The van der Waals surface area contributed by atoms with E-state index in [1.54, 1.807) is 10.4 Å². The summed E-state index contributed by atoms with van der Waals surface area (Å²) in [5.74, 6) is 0. The van der Waals surface area contributed by atoms with Gasteiger partial charge in [0.15, 0.2) is 0 Å². The average Bonchev–Trinajstić information content (AvgIpc) is 2.52. The summed E-state index contributed by atoms with van der Waals surface area (Å²) >= 11 is 0. The Morgan fingerprint density at radius 3 is 2.32 bits per heavy atom. The van der Waals surface area contributed by atoms with Gasteiger partial charge in [-0.1, -0.05) is 42.0 Å². The van der Waals surface area contributed by atoms with Crippen LogP contribution in [0.1, 0.15) is 19.4 Å². The molecule has 1 fully saturated rings. The Kier molecular flexibility index (Phi) is 5.94. The molecule has 2 rings (SSSR count). The van der Waals surface area contributed by atoms with Crippen LogP contribution in [-0.4, -0.2) is 50.3 Å². The lowest BCUT2D eigenvalue weighted by atomic mass is 10.2. The first-order valence-corrected chi connectivity index (χ1v) is 9.07. The number of hydrogen-bond acceptors (Lipinski definition) is 3. The van der Waals surface area contributed by atoms with E-state index in [-0.39, 0.29) is 0 Å². The van der Waals surface area contributed by atoms with Crippen LogP contribution >= 0.6 is 0 Å². The Morgan fingerprint density at radius 2 is 1.73 bits per heavy atom. The van der Waals surface area contributed by atoms with Gasteiger partial charge in [0.1, 0.15) is 0 Å². The van der Waals surface area contributed by atoms with Crippen LogP contribution in [0.15, 0.2) is 47.4 Å². The van der Waals surface area contributed by atoms with Crippen molar-refractivity contribution >= 4 is 16.1 Å². The van der Waals surface area contributed by atoms with Crippen molar-refractivity contribution in [1.29, 1.82) is 0 Å². The summed E-state index contributed by atoms with van der Waals surface area (Å²) in [6, 6.07) is 9.49. The molecule has 0 atom stereocenters. The molecule has 0 bridgehead atoms. The van der Waals surface area contributed by atoms with Crippen LogP contribution in [-0.2, 0) is 10.0 Å². The van der Waals surface area contributed by atoms with Crippen molar-refractivity contribution in [1.82, 2.24) is 9.21 Å². The van der Waals surface area contributed by atoms with Gasteiger partial charge in [0, 0.05) is 38.1 Å². The summed E-state index contributed by atoms with van der Waals surface area (Å²) in [5.41, 5.74) is 2.19. The highest BCUT2D eigenvalue weighted by Gasteiger charge is 2.24. The Bertz CT molecular complexity index is 624. The zero-order valence-corrected chi connectivity index (χ0v) is 14.1. The van der Waals surface area contributed by atoms with Crippen LogP contribution in [0.3, 0.4) is 0 Å². The molecule has 0 aromatic heterocycles. The first-order chi connectivity index (χ1) is 10.5. The number of rotatable bonds is 5. The zero-order chi connectivity index (χ0) is 16.0. The summed E-state index contributed by atoms with van der Waals surface area (Å²) in [5, 5.41) is 1.31. The normalized spacial score (nSPS) is 17.7. The van der Waals surface area contributed by atoms with Crippen LogP contribution in [0, 0.1) is 0 Å². The molecule has 0 radical (unpaired) electrons. The Labute approximate surface area is 133 Å². The largest absolute Gasteiger partial charge is 0.297 e. The summed E-state index contributed by atoms with van der Waals surface area (Å²) in [6.45, 7) is 7.72. The minimum atomic E-state index is -3.33. The number of allylic oxidation sites excluding steroid dienone is 1. The van der Waals surface area contributed by atoms with Gasteiger partial charge in [0.2, 0.25) is 10.0 Å². The quantitative estimate of drug-likeness (QED) is 0.783. The third-order valence-electron chi connectivity index (χ3n) is 3.68. The molecule has 0 aliphatic carbocycles. The summed E-state index contributed by atoms with van der Waals surface area (Å²) < 4.78 is 26.2. The number of piperazine rings is 1. The van der Waals surface area contributed by atoms with Crippen molar-refractivity contribution in [3.8, 4) is 0 Å². The van der Waals surface area contributed by atoms with E-state index in [1.807, 2.05) is 30.3 Å². The van der Waals surface area contributed by atoms with Crippen LogP contribution < -0.4 is 0 Å². The molecule has 1 saturated heterocycles. The standard InChI is InChI=1S/C17H24N2O2S/c1-16(2)8-10-18-11-13-19(14-12-18)22(20,21)15-9-17-6-4-3-5-7-17/h3-9,15H,10-14H2,1-2H3/b15-9+. The lowest BCUT2D eigenvalue weighted by molar-refractivity contribution is 0.205. The molecule has 1 aliphatic heterocycles. The van der Waals surface area contributed by atoms with E-state index in [2.05, 4.69) is 24.8 Å². The van der Waals surface area contributed by atoms with Gasteiger partial charge in [-0.2, -0.15) is 4.31 Å². The molecule has 1 heterocycles. The van der Waals surface area contributed by atoms with Gasteiger partial charge in [-0.05, 0) is 25.5 Å². The second-order valence-corrected chi connectivity index (χ2v) is 7.56. The number of nitrogens with zero attached hydrogens (tertiary/aromatic N) is 2. The fourth-order valence-corrected chi connectivity index (χ4v) is 3.47. The fourth-order valence-electron chi connectivity index (χ4n) is 2.29. The molecule has 0 unspecified atom stereocenters. The Hall–Kier alpha value is -1.43. The maximum absolute atomic E-state index is 12.3. The molecule has 1 aromatic rings. The number of hydrogen-bond donors (Lipinski definition) is 0. The van der Waals surface area contributed by atoms with E-state index in [4.69, 9.17) is 0 Å². The van der Waals surface area contributed by atoms with E-state index in [9.17, 15) is 8.42 Å². The predicted octanol–water partition coefficient (Wildman–Crippen LogP) is 2.57. The van der Waals surface area contributed by atoms with E-state index in [0.29, 0.717) is 13.1 Å². The monoisotopic (exact) mass is 320 g/mol. The van der Waals surface area contributed by atoms with E-state index >= 15 is 0 Å². The van der Waals surface area contributed by atoms with Crippen molar-refractivity contribution in [2.75, 3.05) is 32.7 Å². The Morgan fingerprint density at radius 1 is 1.09 bits per heavy atom. The summed E-state index contributed by atoms with van der Waals surface area (Å²) in [4.78, 5) is 2.28. The highest BCUT2D eigenvalue weighted by molar-refractivity contribution is 7.92. The van der Waals surface area contributed by atoms with Crippen LogP contribution in [0.5, 0.6) is 0 Å². The van der Waals surface area contributed by atoms with Crippen LogP contribution in [0.4, 0.5) is 0 Å². The SMILES string of the molecule is CC(C)=CCN1CCN(S(=O)(=O)/C=C/c2ccccc2)CC1. The molecular weight excluding hydrogens is 296 g/mol. The fraction of sp³-hybridized carbons (Fsp3) is 0.412. The van der Waals surface area contributed by atoms with Crippen LogP contribution in [0.25, 0.3) is 6.08 Å². The molecule has 1 aliphatic rings. The highest BCUT2D eigenvalue weighted by Crippen LogP contribution is 2.11. The molecule has 5 heteroatoms. The van der Waals surface area contributed by atoms with Gasteiger partial charge >= 0.3 is 0 Å². The smallest absolute Gasteiger partial charge is 0.236 e. The van der Waals surface area contributed by atoms with Gasteiger partial charge in [-0.3, -0.25) is 4.90 Å². The molecule has 120 valence electrons. The second-order valence-electron chi connectivity index (χ2n) is 5.74. The minimum Gasteiger partial charge on any atom is -0.297 e.